The summed E-state index contributed by atoms with van der Waals surface area (Å²) in [6.07, 6.45) is 1.29. The van der Waals surface area contributed by atoms with Crippen LogP contribution >= 0.6 is 0 Å². The molecule has 0 saturated heterocycles. The molecular formula is C12H13NO3. The van der Waals surface area contributed by atoms with Gasteiger partial charge in [0.2, 0.25) is 0 Å². The summed E-state index contributed by atoms with van der Waals surface area (Å²) in [4.78, 5) is 11.1. The zero-order valence-electron chi connectivity index (χ0n) is 8.81. The normalized spacial score (nSPS) is 9.25. The first-order valence-electron chi connectivity index (χ1n) is 4.79. The van der Waals surface area contributed by atoms with E-state index in [9.17, 15) is 4.79 Å². The quantitative estimate of drug-likeness (QED) is 0.357. The summed E-state index contributed by atoms with van der Waals surface area (Å²) in [6, 6.07) is 8.85. The summed E-state index contributed by atoms with van der Waals surface area (Å²) in [5.41, 5.74) is 0. The molecule has 0 aliphatic rings. The second-order valence-corrected chi connectivity index (χ2v) is 2.99. The summed E-state index contributed by atoms with van der Waals surface area (Å²) in [5.74, 6) is -0.106. The molecule has 0 bridgehead atoms. The minimum atomic E-state index is -0.499. The van der Waals surface area contributed by atoms with E-state index in [-0.39, 0.29) is 18.9 Å². The predicted molar refractivity (Wildman–Crippen MR) is 60.6 cm³/mol. The molecule has 0 unspecified atom stereocenters. The topological polar surface area (TPSA) is 59.4 Å². The van der Waals surface area contributed by atoms with Gasteiger partial charge in [0.1, 0.15) is 18.8 Å². The molecule has 0 fully saturated rings. The smallest absolute Gasteiger partial charge is 0.315 e. The number of nitrogens with one attached hydrogen (secondary N) is 1. The van der Waals surface area contributed by atoms with E-state index in [1.807, 2.05) is 6.07 Å². The molecule has 1 aromatic carbocycles. The molecule has 0 aliphatic heterocycles. The van der Waals surface area contributed by atoms with Crippen molar-refractivity contribution in [2.24, 2.45) is 0 Å². The molecule has 0 aromatic heterocycles. The minimum absolute atomic E-state index is 0.139. The highest BCUT2D eigenvalue weighted by Crippen LogP contribution is 2.09. The molecule has 84 valence electrons. The van der Waals surface area contributed by atoms with Gasteiger partial charge in [0.25, 0.3) is 0 Å². The summed E-state index contributed by atoms with van der Waals surface area (Å²) >= 11 is 0. The van der Waals surface area contributed by atoms with E-state index in [4.69, 9.17) is 14.9 Å². The van der Waals surface area contributed by atoms with Crippen LogP contribution in [0.15, 0.2) is 43.0 Å². The van der Waals surface area contributed by atoms with Gasteiger partial charge in [0, 0.05) is 0 Å². The molecule has 0 heterocycles. The van der Waals surface area contributed by atoms with Crippen molar-refractivity contribution in [3.8, 4) is 5.75 Å². The summed E-state index contributed by atoms with van der Waals surface area (Å²) in [7, 11) is 0. The van der Waals surface area contributed by atoms with Crippen molar-refractivity contribution in [1.29, 1.82) is 5.41 Å². The minimum Gasteiger partial charge on any atom is -0.461 e. The van der Waals surface area contributed by atoms with Crippen LogP contribution in [0.5, 0.6) is 5.75 Å². The van der Waals surface area contributed by atoms with Crippen molar-refractivity contribution in [3.05, 3.63) is 43.0 Å². The van der Waals surface area contributed by atoms with Gasteiger partial charge in [0.15, 0.2) is 5.90 Å². The lowest BCUT2D eigenvalue weighted by Gasteiger charge is -2.06. The van der Waals surface area contributed by atoms with Gasteiger partial charge >= 0.3 is 5.97 Å². The van der Waals surface area contributed by atoms with Gasteiger partial charge in [-0.25, -0.2) is 0 Å². The fourth-order valence-electron chi connectivity index (χ4n) is 1.00. The number of para-hydroxylation sites is 1. The number of carbonyl (C=O) groups is 1. The highest BCUT2D eigenvalue weighted by molar-refractivity contribution is 5.93. The fraction of sp³-hybridized carbons (Fsp3) is 0.167. The van der Waals surface area contributed by atoms with E-state index < -0.39 is 5.97 Å². The van der Waals surface area contributed by atoms with Gasteiger partial charge in [-0.1, -0.05) is 30.9 Å². The Morgan fingerprint density at radius 1 is 1.38 bits per heavy atom. The molecule has 0 atom stereocenters. The Kier molecular flexibility index (Phi) is 4.79. The molecule has 1 aromatic rings. The van der Waals surface area contributed by atoms with E-state index in [2.05, 4.69) is 6.58 Å². The second-order valence-electron chi connectivity index (χ2n) is 2.99. The SMILES string of the molecule is C=CCOC(=O)CC(=N)Oc1ccccc1. The van der Waals surface area contributed by atoms with Crippen molar-refractivity contribution in [2.75, 3.05) is 6.61 Å². The van der Waals surface area contributed by atoms with Crippen molar-refractivity contribution in [1.82, 2.24) is 0 Å². The van der Waals surface area contributed by atoms with Gasteiger partial charge in [-0.2, -0.15) is 0 Å². The monoisotopic (exact) mass is 219 g/mol. The van der Waals surface area contributed by atoms with Crippen LogP contribution in [-0.2, 0) is 9.53 Å². The molecule has 0 amide bonds. The van der Waals surface area contributed by atoms with Crippen molar-refractivity contribution >= 4 is 11.9 Å². The molecule has 1 rings (SSSR count). The van der Waals surface area contributed by atoms with Crippen LogP contribution in [0, 0.1) is 5.41 Å². The molecular weight excluding hydrogens is 206 g/mol. The van der Waals surface area contributed by atoms with Crippen LogP contribution < -0.4 is 4.74 Å². The number of rotatable bonds is 5. The van der Waals surface area contributed by atoms with Crippen LogP contribution in [0.25, 0.3) is 0 Å². The van der Waals surface area contributed by atoms with E-state index in [1.54, 1.807) is 24.3 Å². The third-order valence-electron chi connectivity index (χ3n) is 1.65. The van der Waals surface area contributed by atoms with Crippen LogP contribution in [0.2, 0.25) is 0 Å². The lowest BCUT2D eigenvalue weighted by atomic mass is 10.3. The first-order valence-corrected chi connectivity index (χ1v) is 4.79. The molecule has 4 heteroatoms. The summed E-state index contributed by atoms with van der Waals surface area (Å²) < 4.78 is 9.84. The zero-order chi connectivity index (χ0) is 11.8. The highest BCUT2D eigenvalue weighted by Gasteiger charge is 2.08. The number of benzene rings is 1. The van der Waals surface area contributed by atoms with Crippen LogP contribution in [0.3, 0.4) is 0 Å². The van der Waals surface area contributed by atoms with Crippen molar-refractivity contribution in [3.63, 3.8) is 0 Å². The second kappa shape index (κ2) is 6.40. The Balaban J connectivity index is 2.36. The lowest BCUT2D eigenvalue weighted by molar-refractivity contribution is -0.141. The van der Waals surface area contributed by atoms with E-state index in [0.29, 0.717) is 5.75 Å². The maximum atomic E-state index is 11.1. The van der Waals surface area contributed by atoms with Gasteiger partial charge in [-0.15, -0.1) is 0 Å². The Hall–Kier alpha value is -2.10. The average Bonchev–Trinajstić information content (AvgIpc) is 2.27. The standard InChI is InChI=1S/C12H13NO3/c1-2-8-15-12(14)9-11(13)16-10-6-4-3-5-7-10/h2-7,13H,1,8-9H2. The van der Waals surface area contributed by atoms with Crippen LogP contribution in [0.1, 0.15) is 6.42 Å². The van der Waals surface area contributed by atoms with Gasteiger partial charge < -0.3 is 9.47 Å². The Morgan fingerprint density at radius 2 is 2.06 bits per heavy atom. The molecule has 1 N–H and O–H groups in total. The molecule has 16 heavy (non-hydrogen) atoms. The molecule has 0 aliphatic carbocycles. The molecule has 0 radical (unpaired) electrons. The lowest BCUT2D eigenvalue weighted by Crippen LogP contribution is -2.15. The Labute approximate surface area is 94.0 Å². The Bertz CT molecular complexity index is 373. The number of ether oxygens (including phenoxy) is 2. The largest absolute Gasteiger partial charge is 0.461 e. The summed E-state index contributed by atoms with van der Waals surface area (Å²) in [5, 5.41) is 7.44. The van der Waals surface area contributed by atoms with E-state index >= 15 is 0 Å². The molecule has 0 saturated carbocycles. The third-order valence-corrected chi connectivity index (χ3v) is 1.65. The first kappa shape index (κ1) is 12.0. The fourth-order valence-corrected chi connectivity index (χ4v) is 1.00. The van der Waals surface area contributed by atoms with Gasteiger partial charge in [-0.3, -0.25) is 10.2 Å². The number of hydrogen-bond donors (Lipinski definition) is 1. The highest BCUT2D eigenvalue weighted by atomic mass is 16.5. The maximum absolute atomic E-state index is 11.1. The first-order chi connectivity index (χ1) is 7.72. The zero-order valence-corrected chi connectivity index (χ0v) is 8.81. The molecule has 0 spiro atoms. The number of hydrogen-bond acceptors (Lipinski definition) is 4. The number of esters is 1. The Morgan fingerprint density at radius 3 is 2.69 bits per heavy atom. The molecule has 4 nitrogen and oxygen atoms in total. The van der Waals surface area contributed by atoms with Gasteiger partial charge in [0.05, 0.1) is 0 Å². The maximum Gasteiger partial charge on any atom is 0.315 e. The van der Waals surface area contributed by atoms with Crippen molar-refractivity contribution < 1.29 is 14.3 Å². The third kappa shape index (κ3) is 4.41. The van der Waals surface area contributed by atoms with E-state index in [0.717, 1.165) is 0 Å². The average molecular weight is 219 g/mol. The van der Waals surface area contributed by atoms with Gasteiger partial charge in [-0.05, 0) is 12.1 Å². The van der Waals surface area contributed by atoms with Crippen LogP contribution in [0.4, 0.5) is 0 Å². The van der Waals surface area contributed by atoms with E-state index in [1.165, 1.54) is 6.08 Å². The number of carbonyl (C=O) groups excluding carboxylic acids is 1. The summed E-state index contributed by atoms with van der Waals surface area (Å²) in [6.45, 7) is 3.57. The predicted octanol–water partition coefficient (Wildman–Crippen LogP) is 2.16. The van der Waals surface area contributed by atoms with Crippen LogP contribution in [-0.4, -0.2) is 18.5 Å². The van der Waals surface area contributed by atoms with Crippen molar-refractivity contribution in [2.45, 2.75) is 6.42 Å².